The van der Waals surface area contributed by atoms with Gasteiger partial charge in [-0.2, -0.15) is 0 Å². The largest absolute Gasteiger partial charge is 0.507 e. The summed E-state index contributed by atoms with van der Waals surface area (Å²) in [4.78, 5) is 16.6. The minimum Gasteiger partial charge on any atom is -0.507 e. The average Bonchev–Trinajstić information content (AvgIpc) is 2.84. The third-order valence-electron chi connectivity index (χ3n) is 5.29. The molecule has 0 unspecified atom stereocenters. The summed E-state index contributed by atoms with van der Waals surface area (Å²) in [6.07, 6.45) is 8.66. The Hall–Kier alpha value is -3.80. The van der Waals surface area contributed by atoms with Gasteiger partial charge in [-0.15, -0.1) is 0 Å². The molecule has 0 radical (unpaired) electrons. The van der Waals surface area contributed by atoms with Crippen LogP contribution in [-0.2, 0) is 0 Å². The molecule has 6 heteroatoms. The first kappa shape index (κ1) is 24.8. The highest BCUT2D eigenvalue weighted by Crippen LogP contribution is 2.27. The van der Waals surface area contributed by atoms with E-state index < -0.39 is 5.97 Å². The molecule has 0 saturated carbocycles. The molecular formula is C28H31NO5. The number of carbonyl (C=O) groups excluding carboxylic acids is 1. The van der Waals surface area contributed by atoms with Gasteiger partial charge in [0.15, 0.2) is 0 Å². The van der Waals surface area contributed by atoms with Crippen molar-refractivity contribution in [1.29, 1.82) is 0 Å². The number of aliphatic imine (C=N–C) groups is 1. The van der Waals surface area contributed by atoms with Gasteiger partial charge in [-0.25, -0.2) is 4.79 Å². The zero-order chi connectivity index (χ0) is 24.2. The van der Waals surface area contributed by atoms with Gasteiger partial charge in [0.2, 0.25) is 0 Å². The fourth-order valence-electron chi connectivity index (χ4n) is 3.33. The zero-order valence-corrected chi connectivity index (χ0v) is 19.4. The number of unbranched alkanes of at least 4 members (excludes halogenated alkanes) is 5. The molecule has 3 aromatic rings. The van der Waals surface area contributed by atoms with Gasteiger partial charge in [0.05, 0.1) is 12.2 Å². The van der Waals surface area contributed by atoms with Crippen LogP contribution in [0, 0.1) is 0 Å². The Morgan fingerprint density at radius 2 is 1.56 bits per heavy atom. The first-order chi connectivity index (χ1) is 16.6. The van der Waals surface area contributed by atoms with E-state index in [1.807, 2.05) is 0 Å². The summed E-state index contributed by atoms with van der Waals surface area (Å²) < 4.78 is 11.1. The highest BCUT2D eigenvalue weighted by Gasteiger charge is 2.11. The van der Waals surface area contributed by atoms with Gasteiger partial charge in [-0.3, -0.25) is 4.99 Å². The number of esters is 1. The van der Waals surface area contributed by atoms with E-state index in [1.165, 1.54) is 44.0 Å². The molecule has 0 aliphatic heterocycles. The van der Waals surface area contributed by atoms with E-state index in [-0.39, 0.29) is 17.2 Å². The zero-order valence-electron chi connectivity index (χ0n) is 19.4. The van der Waals surface area contributed by atoms with Crippen molar-refractivity contribution in [1.82, 2.24) is 0 Å². The predicted octanol–water partition coefficient (Wildman–Crippen LogP) is 6.81. The molecule has 178 valence electrons. The topological polar surface area (TPSA) is 88.4 Å². The molecule has 0 aromatic heterocycles. The van der Waals surface area contributed by atoms with E-state index in [0.717, 1.165) is 18.6 Å². The average molecular weight is 462 g/mol. The van der Waals surface area contributed by atoms with Crippen LogP contribution in [0.15, 0.2) is 71.7 Å². The molecule has 0 atom stereocenters. The molecule has 6 nitrogen and oxygen atoms in total. The Labute approximate surface area is 200 Å². The van der Waals surface area contributed by atoms with Gasteiger partial charge in [-0.1, -0.05) is 51.2 Å². The monoisotopic (exact) mass is 461 g/mol. The van der Waals surface area contributed by atoms with Crippen LogP contribution in [-0.4, -0.2) is 29.0 Å². The van der Waals surface area contributed by atoms with Crippen LogP contribution >= 0.6 is 0 Å². The Morgan fingerprint density at radius 3 is 2.29 bits per heavy atom. The Bertz CT molecular complexity index is 1090. The molecule has 2 N–H and O–H groups in total. The normalized spacial score (nSPS) is 11.0. The molecular weight excluding hydrogens is 430 g/mol. The lowest BCUT2D eigenvalue weighted by atomic mass is 10.1. The van der Waals surface area contributed by atoms with Crippen LogP contribution in [0.25, 0.3) is 0 Å². The van der Waals surface area contributed by atoms with Crippen molar-refractivity contribution in [2.24, 2.45) is 4.99 Å². The highest BCUT2D eigenvalue weighted by molar-refractivity contribution is 5.91. The Kier molecular flexibility index (Phi) is 9.52. The van der Waals surface area contributed by atoms with Crippen molar-refractivity contribution in [3.05, 3.63) is 77.9 Å². The van der Waals surface area contributed by atoms with Crippen molar-refractivity contribution in [2.45, 2.75) is 45.4 Å². The minimum atomic E-state index is -0.530. The number of rotatable bonds is 12. The van der Waals surface area contributed by atoms with Gasteiger partial charge in [0, 0.05) is 17.8 Å². The van der Waals surface area contributed by atoms with Gasteiger partial charge in [0.25, 0.3) is 0 Å². The maximum absolute atomic E-state index is 12.5. The maximum Gasteiger partial charge on any atom is 0.343 e. The van der Waals surface area contributed by atoms with Crippen LogP contribution in [0.5, 0.6) is 23.0 Å². The minimum absolute atomic E-state index is 0.0441. The molecule has 0 bridgehead atoms. The lowest BCUT2D eigenvalue weighted by Crippen LogP contribution is -2.08. The van der Waals surface area contributed by atoms with Gasteiger partial charge in [0.1, 0.15) is 28.7 Å². The number of benzene rings is 3. The first-order valence-corrected chi connectivity index (χ1v) is 11.7. The first-order valence-electron chi connectivity index (χ1n) is 11.7. The van der Waals surface area contributed by atoms with Crippen LogP contribution < -0.4 is 9.47 Å². The van der Waals surface area contributed by atoms with Crippen LogP contribution in [0.4, 0.5) is 5.69 Å². The van der Waals surface area contributed by atoms with Crippen LogP contribution in [0.3, 0.4) is 0 Å². The number of nitrogens with zero attached hydrogens (tertiary/aromatic N) is 1. The molecule has 34 heavy (non-hydrogen) atoms. The molecule has 3 rings (SSSR count). The van der Waals surface area contributed by atoms with Crippen molar-refractivity contribution in [2.75, 3.05) is 6.61 Å². The summed E-state index contributed by atoms with van der Waals surface area (Å²) in [5.41, 5.74) is 1.20. The number of phenols is 2. The van der Waals surface area contributed by atoms with Crippen molar-refractivity contribution in [3.63, 3.8) is 0 Å². The lowest BCUT2D eigenvalue weighted by molar-refractivity contribution is 0.0734. The highest BCUT2D eigenvalue weighted by atomic mass is 16.5. The van der Waals surface area contributed by atoms with E-state index >= 15 is 0 Å². The second-order valence-corrected chi connectivity index (χ2v) is 8.00. The lowest BCUT2D eigenvalue weighted by Gasteiger charge is -2.08. The number of hydrogen-bond donors (Lipinski definition) is 2. The standard InChI is InChI=1S/C28H31NO5/c1-2-3-4-5-6-9-18-33-23-15-12-21(13-16-23)28(32)34-24-17-14-22(27(31)19-24)20-29-25-10-7-8-11-26(25)30/h7-8,10-17,19-20,30-31H,2-6,9,18H2,1H3. The van der Waals surface area contributed by atoms with Gasteiger partial charge < -0.3 is 19.7 Å². The quantitative estimate of drug-likeness (QED) is 0.134. The molecule has 0 amide bonds. The molecule has 0 spiro atoms. The van der Waals surface area contributed by atoms with Crippen LogP contribution in [0.2, 0.25) is 0 Å². The molecule has 0 fully saturated rings. The molecule has 0 aliphatic carbocycles. The number of hydrogen-bond acceptors (Lipinski definition) is 6. The summed E-state index contributed by atoms with van der Waals surface area (Å²) >= 11 is 0. The Morgan fingerprint density at radius 1 is 0.853 bits per heavy atom. The summed E-state index contributed by atoms with van der Waals surface area (Å²) in [7, 11) is 0. The SMILES string of the molecule is CCCCCCCCOc1ccc(C(=O)Oc2ccc(C=Nc3ccccc3O)c(O)c2)cc1. The summed E-state index contributed by atoms with van der Waals surface area (Å²) in [6, 6.07) is 18.0. The summed E-state index contributed by atoms with van der Waals surface area (Å²) in [6.45, 7) is 2.87. The van der Waals surface area contributed by atoms with E-state index in [1.54, 1.807) is 54.6 Å². The fraction of sp³-hybridized carbons (Fsp3) is 0.286. The van der Waals surface area contributed by atoms with E-state index in [2.05, 4.69) is 11.9 Å². The summed E-state index contributed by atoms with van der Waals surface area (Å²) in [5, 5.41) is 20.0. The van der Waals surface area contributed by atoms with Gasteiger partial charge >= 0.3 is 5.97 Å². The van der Waals surface area contributed by atoms with Gasteiger partial charge in [-0.05, 0) is 55.0 Å². The smallest absolute Gasteiger partial charge is 0.343 e. The van der Waals surface area contributed by atoms with Crippen molar-refractivity contribution in [3.8, 4) is 23.0 Å². The predicted molar refractivity (Wildman–Crippen MR) is 134 cm³/mol. The number of para-hydroxylation sites is 2. The number of carbonyl (C=O) groups is 1. The second kappa shape index (κ2) is 13.0. The van der Waals surface area contributed by atoms with Crippen LogP contribution in [0.1, 0.15) is 61.4 Å². The molecule has 0 aliphatic rings. The second-order valence-electron chi connectivity index (χ2n) is 8.00. The van der Waals surface area contributed by atoms with E-state index in [4.69, 9.17) is 9.47 Å². The fourth-order valence-corrected chi connectivity index (χ4v) is 3.33. The molecule has 0 saturated heterocycles. The van der Waals surface area contributed by atoms with Crippen molar-refractivity contribution >= 4 is 17.9 Å². The number of aromatic hydroxyl groups is 2. The summed E-state index contributed by atoms with van der Waals surface area (Å²) in [5.74, 6) is 0.351. The maximum atomic E-state index is 12.5. The molecule has 3 aromatic carbocycles. The van der Waals surface area contributed by atoms with E-state index in [0.29, 0.717) is 23.4 Å². The number of ether oxygens (including phenoxy) is 2. The Balaban J connectivity index is 1.50. The van der Waals surface area contributed by atoms with E-state index in [9.17, 15) is 15.0 Å². The third kappa shape index (κ3) is 7.66. The molecule has 0 heterocycles. The number of phenolic OH excluding ortho intramolecular Hbond substituents is 2. The third-order valence-corrected chi connectivity index (χ3v) is 5.29. The van der Waals surface area contributed by atoms with Crippen molar-refractivity contribution < 1.29 is 24.5 Å².